The van der Waals surface area contributed by atoms with E-state index in [0.717, 1.165) is 25.1 Å². The number of carboxylic acid groups (broad SMARTS) is 1. The van der Waals surface area contributed by atoms with E-state index in [-0.39, 0.29) is 5.91 Å². The molecule has 0 bridgehead atoms. The van der Waals surface area contributed by atoms with Crippen molar-refractivity contribution in [3.63, 3.8) is 0 Å². The standard InChI is InChI=1S/C16H22N2O3/c1-18(13-7-3-2-4-8-13)12-6-11-17-14(19)16(15(20)21)9-5-10-16/h2-4,7-8H,5-6,9-12H2,1H3,(H,17,19)(H,20,21). The van der Waals surface area contributed by atoms with E-state index in [2.05, 4.69) is 10.2 Å². The number of hydrogen-bond donors (Lipinski definition) is 2. The fourth-order valence-corrected chi connectivity index (χ4v) is 2.57. The molecule has 0 aliphatic heterocycles. The lowest BCUT2D eigenvalue weighted by Crippen LogP contribution is -2.51. The summed E-state index contributed by atoms with van der Waals surface area (Å²) in [4.78, 5) is 25.3. The predicted octanol–water partition coefficient (Wildman–Crippen LogP) is 1.88. The minimum Gasteiger partial charge on any atom is -0.480 e. The van der Waals surface area contributed by atoms with Crippen LogP contribution >= 0.6 is 0 Å². The number of carboxylic acids is 1. The summed E-state index contributed by atoms with van der Waals surface area (Å²) >= 11 is 0. The number of benzene rings is 1. The van der Waals surface area contributed by atoms with Gasteiger partial charge in [0.1, 0.15) is 5.41 Å². The Morgan fingerprint density at radius 2 is 1.95 bits per heavy atom. The summed E-state index contributed by atoms with van der Waals surface area (Å²) in [6, 6.07) is 10.0. The fraction of sp³-hybridized carbons (Fsp3) is 0.500. The van der Waals surface area contributed by atoms with Gasteiger partial charge >= 0.3 is 5.97 Å². The van der Waals surface area contributed by atoms with Crippen molar-refractivity contribution in [2.45, 2.75) is 25.7 Å². The second-order valence-electron chi connectivity index (χ2n) is 5.61. The zero-order chi connectivity index (χ0) is 15.3. The van der Waals surface area contributed by atoms with Crippen molar-refractivity contribution in [1.29, 1.82) is 0 Å². The fourth-order valence-electron chi connectivity index (χ4n) is 2.57. The van der Waals surface area contributed by atoms with Gasteiger partial charge in [0.15, 0.2) is 0 Å². The van der Waals surface area contributed by atoms with E-state index in [0.29, 0.717) is 19.4 Å². The molecule has 1 saturated carbocycles. The topological polar surface area (TPSA) is 69.6 Å². The van der Waals surface area contributed by atoms with Crippen LogP contribution < -0.4 is 10.2 Å². The Morgan fingerprint density at radius 1 is 1.29 bits per heavy atom. The molecule has 1 aliphatic rings. The Kier molecular flexibility index (Phi) is 4.83. The summed E-state index contributed by atoms with van der Waals surface area (Å²) in [7, 11) is 2.00. The van der Waals surface area contributed by atoms with Crippen molar-refractivity contribution < 1.29 is 14.7 Å². The third-order valence-corrected chi connectivity index (χ3v) is 4.20. The number of hydrogen-bond acceptors (Lipinski definition) is 3. The highest BCUT2D eigenvalue weighted by Crippen LogP contribution is 2.41. The number of para-hydroxylation sites is 1. The van der Waals surface area contributed by atoms with Gasteiger partial charge in [0, 0.05) is 25.8 Å². The highest BCUT2D eigenvalue weighted by atomic mass is 16.4. The van der Waals surface area contributed by atoms with Crippen LogP contribution in [0.1, 0.15) is 25.7 Å². The number of nitrogens with zero attached hydrogens (tertiary/aromatic N) is 1. The Balaban J connectivity index is 1.72. The third kappa shape index (κ3) is 3.35. The summed E-state index contributed by atoms with van der Waals surface area (Å²) in [6.45, 7) is 1.31. The third-order valence-electron chi connectivity index (χ3n) is 4.20. The Morgan fingerprint density at radius 3 is 2.48 bits per heavy atom. The van der Waals surface area contributed by atoms with Gasteiger partial charge in [-0.1, -0.05) is 24.6 Å². The molecule has 5 nitrogen and oxygen atoms in total. The second kappa shape index (κ2) is 6.61. The van der Waals surface area contributed by atoms with Crippen molar-refractivity contribution in [2.24, 2.45) is 5.41 Å². The monoisotopic (exact) mass is 290 g/mol. The van der Waals surface area contributed by atoms with Gasteiger partial charge in [-0.2, -0.15) is 0 Å². The highest BCUT2D eigenvalue weighted by molar-refractivity contribution is 6.02. The van der Waals surface area contributed by atoms with E-state index in [1.54, 1.807) is 0 Å². The highest BCUT2D eigenvalue weighted by Gasteiger charge is 2.50. The first-order valence-corrected chi connectivity index (χ1v) is 7.34. The van der Waals surface area contributed by atoms with Gasteiger partial charge < -0.3 is 15.3 Å². The Bertz CT molecular complexity index is 498. The van der Waals surface area contributed by atoms with E-state index in [1.807, 2.05) is 37.4 Å². The number of carbonyl (C=O) groups is 2. The molecular formula is C16H22N2O3. The van der Waals surface area contributed by atoms with E-state index < -0.39 is 11.4 Å². The zero-order valence-electron chi connectivity index (χ0n) is 12.3. The van der Waals surface area contributed by atoms with Crippen molar-refractivity contribution in [2.75, 3.05) is 25.0 Å². The molecule has 2 rings (SSSR count). The van der Waals surface area contributed by atoms with Crippen molar-refractivity contribution in [3.05, 3.63) is 30.3 Å². The van der Waals surface area contributed by atoms with E-state index >= 15 is 0 Å². The SMILES string of the molecule is CN(CCCNC(=O)C1(C(=O)O)CCC1)c1ccccc1. The summed E-state index contributed by atoms with van der Waals surface area (Å²) in [5, 5.41) is 11.9. The Hall–Kier alpha value is -2.04. The number of rotatable bonds is 7. The van der Waals surface area contributed by atoms with Gasteiger partial charge in [-0.25, -0.2) is 0 Å². The van der Waals surface area contributed by atoms with Crippen molar-refractivity contribution >= 4 is 17.6 Å². The summed E-state index contributed by atoms with van der Waals surface area (Å²) in [5.41, 5.74) is -0.0319. The first-order valence-electron chi connectivity index (χ1n) is 7.34. The average Bonchev–Trinajstić information content (AvgIpc) is 2.42. The van der Waals surface area contributed by atoms with E-state index in [1.165, 1.54) is 0 Å². The number of nitrogens with one attached hydrogen (secondary N) is 1. The van der Waals surface area contributed by atoms with Crippen LogP contribution in [0.5, 0.6) is 0 Å². The normalized spacial score (nSPS) is 15.9. The number of amides is 1. The molecular weight excluding hydrogens is 268 g/mol. The van der Waals surface area contributed by atoms with Crippen LogP contribution in [-0.2, 0) is 9.59 Å². The maximum absolute atomic E-state index is 12.0. The van der Waals surface area contributed by atoms with Crippen LogP contribution in [0.2, 0.25) is 0 Å². The minimum atomic E-state index is -1.16. The summed E-state index contributed by atoms with van der Waals surface area (Å²) in [6.07, 6.45) is 2.51. The molecule has 0 heterocycles. The molecule has 0 unspecified atom stereocenters. The van der Waals surface area contributed by atoms with E-state index in [9.17, 15) is 14.7 Å². The van der Waals surface area contributed by atoms with Crippen LogP contribution in [0, 0.1) is 5.41 Å². The lowest BCUT2D eigenvalue weighted by atomic mass is 9.68. The number of anilines is 1. The molecule has 0 aromatic heterocycles. The maximum Gasteiger partial charge on any atom is 0.319 e. The smallest absolute Gasteiger partial charge is 0.319 e. The van der Waals surface area contributed by atoms with Crippen LogP contribution in [0.25, 0.3) is 0 Å². The quantitative estimate of drug-likeness (QED) is 0.594. The molecule has 1 aliphatic carbocycles. The molecule has 1 amide bonds. The van der Waals surface area contributed by atoms with Gasteiger partial charge in [-0.05, 0) is 31.4 Å². The molecule has 5 heteroatoms. The van der Waals surface area contributed by atoms with Gasteiger partial charge in [0.25, 0.3) is 0 Å². The second-order valence-corrected chi connectivity index (χ2v) is 5.61. The molecule has 114 valence electrons. The minimum absolute atomic E-state index is 0.330. The zero-order valence-corrected chi connectivity index (χ0v) is 12.3. The lowest BCUT2D eigenvalue weighted by Gasteiger charge is -2.35. The molecule has 2 N–H and O–H groups in total. The lowest BCUT2D eigenvalue weighted by molar-refractivity contribution is -0.162. The molecule has 0 saturated heterocycles. The van der Waals surface area contributed by atoms with Gasteiger partial charge in [0.05, 0.1) is 0 Å². The summed E-state index contributed by atoms with van der Waals surface area (Å²) < 4.78 is 0. The number of carbonyl (C=O) groups excluding carboxylic acids is 1. The molecule has 1 aromatic rings. The predicted molar refractivity (Wildman–Crippen MR) is 81.3 cm³/mol. The van der Waals surface area contributed by atoms with E-state index in [4.69, 9.17) is 0 Å². The largest absolute Gasteiger partial charge is 0.480 e. The number of aliphatic carboxylic acids is 1. The molecule has 1 aromatic carbocycles. The van der Waals surface area contributed by atoms with Crippen LogP contribution in [0.3, 0.4) is 0 Å². The molecule has 0 radical (unpaired) electrons. The molecule has 0 spiro atoms. The maximum atomic E-state index is 12.0. The van der Waals surface area contributed by atoms with Gasteiger partial charge in [-0.3, -0.25) is 9.59 Å². The van der Waals surface area contributed by atoms with Crippen LogP contribution in [0.15, 0.2) is 30.3 Å². The van der Waals surface area contributed by atoms with Crippen LogP contribution in [-0.4, -0.2) is 37.1 Å². The van der Waals surface area contributed by atoms with Crippen molar-refractivity contribution in [3.8, 4) is 0 Å². The Labute approximate surface area is 125 Å². The van der Waals surface area contributed by atoms with Crippen molar-refractivity contribution in [1.82, 2.24) is 5.32 Å². The van der Waals surface area contributed by atoms with Crippen LogP contribution in [0.4, 0.5) is 5.69 Å². The average molecular weight is 290 g/mol. The first kappa shape index (κ1) is 15.4. The first-order chi connectivity index (χ1) is 10.1. The van der Waals surface area contributed by atoms with Gasteiger partial charge in [-0.15, -0.1) is 0 Å². The molecule has 21 heavy (non-hydrogen) atoms. The molecule has 1 fully saturated rings. The molecule has 0 atom stereocenters. The van der Waals surface area contributed by atoms with Gasteiger partial charge in [0.2, 0.25) is 5.91 Å². The summed E-state index contributed by atoms with van der Waals surface area (Å²) in [5.74, 6) is -1.32.